The summed E-state index contributed by atoms with van der Waals surface area (Å²) in [6, 6.07) is 3.60. The summed E-state index contributed by atoms with van der Waals surface area (Å²) < 4.78 is 63.4. The molecule has 1 aromatic heterocycles. The number of nitrogens with zero attached hydrogens (tertiary/aromatic N) is 2. The maximum Gasteiger partial charge on any atom is 0.455 e. The van der Waals surface area contributed by atoms with E-state index in [0.717, 1.165) is 17.2 Å². The fraction of sp³-hybridized carbons (Fsp3) is 0.278. The van der Waals surface area contributed by atoms with Crippen molar-refractivity contribution in [2.75, 3.05) is 20.7 Å². The van der Waals surface area contributed by atoms with Crippen molar-refractivity contribution in [1.82, 2.24) is 10.1 Å². The fourth-order valence-corrected chi connectivity index (χ4v) is 2.65. The van der Waals surface area contributed by atoms with Crippen molar-refractivity contribution in [3.63, 3.8) is 0 Å². The number of alkyl halides is 3. The first-order valence-corrected chi connectivity index (χ1v) is 8.48. The molecule has 0 atom stereocenters. The Bertz CT molecular complexity index is 947. The Kier molecular flexibility index (Phi) is 6.68. The number of hydrogen-bond donors (Lipinski definition) is 0. The van der Waals surface area contributed by atoms with Gasteiger partial charge in [-0.25, -0.2) is 9.18 Å². The molecule has 0 fully saturated rings. The number of aromatic nitrogens is 1. The summed E-state index contributed by atoms with van der Waals surface area (Å²) in [7, 11) is 2.72. The van der Waals surface area contributed by atoms with Crippen LogP contribution < -0.4 is 0 Å². The van der Waals surface area contributed by atoms with Gasteiger partial charge >= 0.3 is 12.1 Å². The van der Waals surface area contributed by atoms with Crippen molar-refractivity contribution in [2.24, 2.45) is 0 Å². The van der Waals surface area contributed by atoms with E-state index in [1.165, 1.54) is 33.2 Å². The Balaban J connectivity index is 2.83. The molecule has 0 N–H and O–H groups in total. The topological polar surface area (TPSA) is 72.6 Å². The van der Waals surface area contributed by atoms with Gasteiger partial charge in [-0.3, -0.25) is 4.79 Å². The summed E-state index contributed by atoms with van der Waals surface area (Å²) in [5.74, 6) is -5.14. The van der Waals surface area contributed by atoms with Gasteiger partial charge in [0, 0.05) is 20.3 Å². The Hall–Kier alpha value is -2.88. The molecule has 2 aromatic rings. The highest BCUT2D eigenvalue weighted by molar-refractivity contribution is 6.33. The van der Waals surface area contributed by atoms with E-state index in [1.807, 2.05) is 0 Å². The number of hydrogen-bond acceptors (Lipinski definition) is 6. The largest absolute Gasteiger partial charge is 0.462 e. The lowest BCUT2D eigenvalue weighted by Gasteiger charge is -2.12. The Labute approximate surface area is 167 Å². The predicted molar refractivity (Wildman–Crippen MR) is 95.6 cm³/mol. The molecular formula is C18H15ClF4N2O4. The van der Waals surface area contributed by atoms with E-state index >= 15 is 0 Å². The van der Waals surface area contributed by atoms with Crippen LogP contribution in [-0.2, 0) is 9.53 Å². The smallest absolute Gasteiger partial charge is 0.455 e. The zero-order valence-corrected chi connectivity index (χ0v) is 16.2. The molecule has 0 amide bonds. The van der Waals surface area contributed by atoms with Gasteiger partial charge < -0.3 is 14.2 Å². The van der Waals surface area contributed by atoms with Crippen LogP contribution in [0.3, 0.4) is 0 Å². The minimum Gasteiger partial charge on any atom is -0.462 e. The zero-order valence-electron chi connectivity index (χ0n) is 15.4. The van der Waals surface area contributed by atoms with Crippen LogP contribution in [0.25, 0.3) is 16.8 Å². The van der Waals surface area contributed by atoms with E-state index in [4.69, 9.17) is 20.9 Å². The van der Waals surface area contributed by atoms with Gasteiger partial charge in [0.15, 0.2) is 5.76 Å². The Morgan fingerprint density at radius 3 is 2.48 bits per heavy atom. The number of rotatable bonds is 6. The molecule has 11 heteroatoms. The molecule has 0 saturated carbocycles. The van der Waals surface area contributed by atoms with E-state index in [9.17, 15) is 27.2 Å². The monoisotopic (exact) mass is 434 g/mol. The van der Waals surface area contributed by atoms with Crippen molar-refractivity contribution in [3.8, 4) is 11.3 Å². The number of esters is 1. The number of ketones is 1. The lowest BCUT2D eigenvalue weighted by molar-refractivity contribution is -0.164. The molecule has 29 heavy (non-hydrogen) atoms. The number of halogens is 5. The lowest BCUT2D eigenvalue weighted by Crippen LogP contribution is -2.25. The third kappa shape index (κ3) is 4.76. The lowest BCUT2D eigenvalue weighted by atomic mass is 10.00. The SMILES string of the molecule is CCOC(=O)c1c(-c2c(F)cccc2Cl)noc1C(=CN(C)C)C(=O)C(F)(F)F. The molecule has 0 saturated heterocycles. The van der Waals surface area contributed by atoms with Crippen molar-refractivity contribution in [1.29, 1.82) is 0 Å². The first-order valence-electron chi connectivity index (χ1n) is 8.10. The fourth-order valence-electron chi connectivity index (χ4n) is 2.39. The standard InChI is InChI=1S/C18H15ClF4N2O4/c1-4-28-17(27)13-14(12-10(19)6-5-7-11(12)20)24-29-15(13)9(8-25(2)3)16(26)18(21,22)23/h5-8H,4H2,1-3H3. The summed E-state index contributed by atoms with van der Waals surface area (Å²) >= 11 is 5.98. The minimum atomic E-state index is -5.27. The molecule has 0 aliphatic heterocycles. The van der Waals surface area contributed by atoms with Gasteiger partial charge in [0.05, 0.1) is 22.8 Å². The summed E-state index contributed by atoms with van der Waals surface area (Å²) in [4.78, 5) is 25.6. The van der Waals surface area contributed by atoms with Crippen molar-refractivity contribution >= 4 is 28.9 Å². The molecule has 0 aliphatic carbocycles. The number of Topliss-reactive ketones (excluding diaryl/α,β-unsaturated/α-hetero) is 1. The number of carbonyl (C=O) groups is 2. The number of carbonyl (C=O) groups excluding carboxylic acids is 2. The van der Waals surface area contributed by atoms with Gasteiger partial charge in [-0.15, -0.1) is 0 Å². The summed E-state index contributed by atoms with van der Waals surface area (Å²) in [6.07, 6.45) is -4.46. The van der Waals surface area contributed by atoms with Gasteiger partial charge in [-0.1, -0.05) is 22.8 Å². The highest BCUT2D eigenvalue weighted by Crippen LogP contribution is 2.37. The Morgan fingerprint density at radius 1 is 1.31 bits per heavy atom. The summed E-state index contributed by atoms with van der Waals surface area (Å²) in [6.45, 7) is 1.31. The molecule has 0 spiro atoms. The molecule has 0 radical (unpaired) electrons. The molecule has 1 aromatic carbocycles. The second-order valence-corrected chi connectivity index (χ2v) is 6.29. The van der Waals surface area contributed by atoms with E-state index in [1.54, 1.807) is 0 Å². The molecule has 0 bridgehead atoms. The maximum atomic E-state index is 14.3. The predicted octanol–water partition coefficient (Wildman–Crippen LogP) is 4.34. The van der Waals surface area contributed by atoms with Crippen LogP contribution in [0, 0.1) is 5.82 Å². The van der Waals surface area contributed by atoms with Gasteiger partial charge in [-0.2, -0.15) is 13.2 Å². The van der Waals surface area contributed by atoms with E-state index < -0.39 is 46.3 Å². The van der Waals surface area contributed by atoms with Gasteiger partial charge in [0.2, 0.25) is 0 Å². The Morgan fingerprint density at radius 2 is 1.97 bits per heavy atom. The minimum absolute atomic E-state index is 0.145. The van der Waals surface area contributed by atoms with Gasteiger partial charge in [0.1, 0.15) is 17.1 Å². The van der Waals surface area contributed by atoms with Gasteiger partial charge in [0.25, 0.3) is 5.78 Å². The highest BCUT2D eigenvalue weighted by Gasteiger charge is 2.44. The third-order valence-electron chi connectivity index (χ3n) is 3.51. The third-order valence-corrected chi connectivity index (χ3v) is 3.82. The maximum absolute atomic E-state index is 14.3. The second-order valence-electron chi connectivity index (χ2n) is 5.89. The molecule has 2 rings (SSSR count). The summed E-state index contributed by atoms with van der Waals surface area (Å²) in [5.41, 5.74) is -2.52. The number of allylic oxidation sites excluding steroid dienone is 1. The van der Waals surface area contributed by atoms with Gasteiger partial charge in [-0.05, 0) is 19.1 Å². The van der Waals surface area contributed by atoms with E-state index in [-0.39, 0.29) is 17.2 Å². The average molecular weight is 435 g/mol. The van der Waals surface area contributed by atoms with Crippen molar-refractivity contribution in [3.05, 3.63) is 46.6 Å². The first kappa shape index (κ1) is 22.4. The van der Waals surface area contributed by atoms with Crippen LogP contribution in [0.5, 0.6) is 0 Å². The van der Waals surface area contributed by atoms with Crippen LogP contribution in [0.2, 0.25) is 5.02 Å². The van der Waals surface area contributed by atoms with Crippen LogP contribution in [0.15, 0.2) is 28.9 Å². The van der Waals surface area contributed by atoms with Crippen LogP contribution in [0.4, 0.5) is 17.6 Å². The number of benzene rings is 1. The van der Waals surface area contributed by atoms with E-state index in [2.05, 4.69) is 5.16 Å². The second kappa shape index (κ2) is 8.64. The summed E-state index contributed by atoms with van der Waals surface area (Å²) in [5, 5.41) is 3.35. The normalized spacial score (nSPS) is 12.1. The van der Waals surface area contributed by atoms with E-state index in [0.29, 0.717) is 0 Å². The molecular weight excluding hydrogens is 420 g/mol. The highest BCUT2D eigenvalue weighted by atomic mass is 35.5. The molecule has 156 valence electrons. The molecule has 6 nitrogen and oxygen atoms in total. The average Bonchev–Trinajstić information content (AvgIpc) is 3.02. The zero-order chi connectivity index (χ0) is 21.9. The van der Waals surface area contributed by atoms with Crippen LogP contribution in [0.1, 0.15) is 23.0 Å². The van der Waals surface area contributed by atoms with Crippen LogP contribution >= 0.6 is 11.6 Å². The molecule has 1 heterocycles. The quantitative estimate of drug-likeness (QED) is 0.382. The molecule has 0 aliphatic rings. The first-order chi connectivity index (χ1) is 13.5. The van der Waals surface area contributed by atoms with Crippen molar-refractivity contribution in [2.45, 2.75) is 13.1 Å². The van der Waals surface area contributed by atoms with Crippen molar-refractivity contribution < 1.29 is 36.4 Å². The molecule has 0 unspecified atom stereocenters. The van der Waals surface area contributed by atoms with Crippen LogP contribution in [-0.4, -0.2) is 48.7 Å². The number of ether oxygens (including phenoxy) is 1.